The second-order valence-electron chi connectivity index (χ2n) is 10.8. The summed E-state index contributed by atoms with van der Waals surface area (Å²) in [6, 6.07) is 9.51. The average Bonchev–Trinajstić information content (AvgIpc) is 3.76. The molecule has 3 fully saturated rings. The van der Waals surface area contributed by atoms with Crippen LogP contribution in [0.25, 0.3) is 22.1 Å². The van der Waals surface area contributed by atoms with Crippen LogP contribution in [0.4, 0.5) is 0 Å². The Morgan fingerprint density at radius 1 is 1.02 bits per heavy atom. The fourth-order valence-corrected chi connectivity index (χ4v) is 7.89. The zero-order valence-corrected chi connectivity index (χ0v) is 25.9. The number of nitrogens with one attached hydrogen (secondary N) is 1. The van der Waals surface area contributed by atoms with Crippen molar-refractivity contribution in [3.63, 3.8) is 0 Å². The number of fused-ring (bicyclic) bond motifs is 5. The molecule has 6 heterocycles. The molecule has 242 valence electrons. The molecular formula is C26H31N5O12P2. The summed E-state index contributed by atoms with van der Waals surface area (Å²) in [5, 5.41) is 0.958. The molecule has 1 aromatic carbocycles. The Labute approximate surface area is 255 Å². The zero-order valence-electron chi connectivity index (χ0n) is 24.1. The minimum absolute atomic E-state index is 0.00356. The number of nitrogens with zero attached hydrogens (tertiary/aromatic N) is 4. The van der Waals surface area contributed by atoms with E-state index in [2.05, 4.69) is 15.0 Å². The van der Waals surface area contributed by atoms with Gasteiger partial charge in [0.1, 0.15) is 42.6 Å². The topological polar surface area (TPSA) is 208 Å². The molecule has 4 aromatic rings. The van der Waals surface area contributed by atoms with Crippen molar-refractivity contribution >= 4 is 37.7 Å². The third-order valence-corrected chi connectivity index (χ3v) is 9.92. The average molecular weight is 668 g/mol. The van der Waals surface area contributed by atoms with Gasteiger partial charge in [-0.3, -0.25) is 27.5 Å². The highest BCUT2D eigenvalue weighted by molar-refractivity contribution is 7.47. The quantitative estimate of drug-likeness (QED) is 0.268. The summed E-state index contributed by atoms with van der Waals surface area (Å²) >= 11 is 0. The minimum atomic E-state index is -4.88. The Balaban J connectivity index is 1.21. The number of para-hydroxylation sites is 1. The highest BCUT2D eigenvalue weighted by Gasteiger charge is 2.53. The largest absolute Gasteiger partial charge is 0.472 e. The fraction of sp³-hybridized carbons (Fsp3) is 0.500. The molecule has 3 saturated heterocycles. The number of aromatic nitrogens is 5. The number of aryl methyl sites for hydroxylation is 1. The van der Waals surface area contributed by atoms with Crippen LogP contribution in [0, 0.1) is 6.92 Å². The van der Waals surface area contributed by atoms with E-state index in [1.54, 1.807) is 13.8 Å². The molecule has 0 saturated carbocycles. The van der Waals surface area contributed by atoms with E-state index in [0.29, 0.717) is 5.82 Å². The number of benzene rings is 1. The number of H-pyrrole nitrogens is 1. The number of aromatic amines is 1. The molecule has 3 N–H and O–H groups in total. The van der Waals surface area contributed by atoms with Crippen LogP contribution >= 0.6 is 15.6 Å². The Bertz CT molecular complexity index is 1880. The third kappa shape index (κ3) is 5.95. The Hall–Kier alpha value is -2.79. The van der Waals surface area contributed by atoms with Crippen LogP contribution in [-0.2, 0) is 41.4 Å². The lowest BCUT2D eigenvalue weighted by molar-refractivity contribution is -0.0676. The van der Waals surface area contributed by atoms with E-state index in [4.69, 9.17) is 32.3 Å². The summed E-state index contributed by atoms with van der Waals surface area (Å²) in [6.07, 6.45) is -4.30. The predicted octanol–water partition coefficient (Wildman–Crippen LogP) is 2.69. The van der Waals surface area contributed by atoms with Crippen molar-refractivity contribution in [2.24, 2.45) is 0 Å². The standard InChI is InChI=1S/C26H31N5O12P2/c1-3-37-22-19-12-39-44(33,34)42-17-10-20(30-9-8-15-6-4-5-7-16(15)30)40-18(17)11-38-45(35,36)43-23(22)26(41-19)31-13-27-21-24(31)28-14(2)29-25(21)32/h4-9,13,17-20,22-23,26H,3,10-12H2,1-2H3,(H,33,34)(H,35,36)(H,28,29,32)/t17-,18-,19-,20-,22?,23+,26-/m1/s1. The number of phosphoric ester groups is 2. The molecule has 3 aromatic heterocycles. The van der Waals surface area contributed by atoms with Gasteiger partial charge < -0.3 is 33.5 Å². The normalized spacial score (nSPS) is 36.0. The number of hydrogen-bond donors (Lipinski definition) is 3. The molecule has 2 bridgehead atoms. The first-order valence-electron chi connectivity index (χ1n) is 14.2. The van der Waals surface area contributed by atoms with Crippen molar-refractivity contribution in [3.8, 4) is 0 Å². The first kappa shape index (κ1) is 30.8. The fourth-order valence-electron chi connectivity index (χ4n) is 6.00. The van der Waals surface area contributed by atoms with Gasteiger partial charge in [-0.2, -0.15) is 0 Å². The zero-order chi connectivity index (χ0) is 31.5. The van der Waals surface area contributed by atoms with Crippen LogP contribution in [-0.4, -0.2) is 84.2 Å². The first-order chi connectivity index (χ1) is 21.5. The van der Waals surface area contributed by atoms with E-state index >= 15 is 0 Å². The van der Waals surface area contributed by atoms with Gasteiger partial charge in [-0.1, -0.05) is 18.2 Å². The van der Waals surface area contributed by atoms with Gasteiger partial charge in [0.25, 0.3) is 5.56 Å². The molecule has 19 heteroatoms. The lowest BCUT2D eigenvalue weighted by Gasteiger charge is -2.26. The van der Waals surface area contributed by atoms with Crippen LogP contribution in [0.2, 0.25) is 0 Å². The lowest BCUT2D eigenvalue weighted by Crippen LogP contribution is -2.38. The van der Waals surface area contributed by atoms with Crippen LogP contribution < -0.4 is 5.56 Å². The number of hydrogen-bond acceptors (Lipinski definition) is 12. The van der Waals surface area contributed by atoms with Crippen molar-refractivity contribution in [1.82, 2.24) is 24.1 Å². The van der Waals surface area contributed by atoms with Gasteiger partial charge in [0.2, 0.25) is 0 Å². The highest BCUT2D eigenvalue weighted by atomic mass is 31.2. The highest BCUT2D eigenvalue weighted by Crippen LogP contribution is 2.54. The molecule has 45 heavy (non-hydrogen) atoms. The van der Waals surface area contributed by atoms with Gasteiger partial charge in [-0.25, -0.2) is 19.1 Å². The van der Waals surface area contributed by atoms with Crippen molar-refractivity contribution < 1.29 is 51.2 Å². The van der Waals surface area contributed by atoms with Crippen LogP contribution in [0.1, 0.15) is 31.6 Å². The third-order valence-electron chi connectivity index (χ3n) is 7.92. The van der Waals surface area contributed by atoms with Gasteiger partial charge in [0.05, 0.1) is 25.1 Å². The van der Waals surface area contributed by atoms with Gasteiger partial charge in [0, 0.05) is 19.2 Å². The van der Waals surface area contributed by atoms with E-state index in [9.17, 15) is 23.7 Å². The molecule has 3 aliphatic heterocycles. The molecular weight excluding hydrogens is 636 g/mol. The summed E-state index contributed by atoms with van der Waals surface area (Å²) in [5.41, 5.74) is 0.471. The Morgan fingerprint density at radius 2 is 1.78 bits per heavy atom. The van der Waals surface area contributed by atoms with Crippen molar-refractivity contribution in [1.29, 1.82) is 0 Å². The van der Waals surface area contributed by atoms with E-state index in [1.807, 2.05) is 41.1 Å². The number of ether oxygens (including phenoxy) is 3. The molecule has 0 amide bonds. The number of rotatable bonds is 4. The summed E-state index contributed by atoms with van der Waals surface area (Å²) < 4.78 is 70.1. The molecule has 17 nitrogen and oxygen atoms in total. The minimum Gasteiger partial charge on any atom is -0.373 e. The van der Waals surface area contributed by atoms with Crippen LogP contribution in [0.3, 0.4) is 0 Å². The van der Waals surface area contributed by atoms with E-state index in [-0.39, 0.29) is 24.2 Å². The maximum absolute atomic E-state index is 13.4. The summed E-state index contributed by atoms with van der Waals surface area (Å²) in [5.74, 6) is 0.292. The molecule has 7 rings (SSSR count). The number of imidazole rings is 1. The monoisotopic (exact) mass is 667 g/mol. The van der Waals surface area contributed by atoms with Gasteiger partial charge in [-0.05, 0) is 31.4 Å². The number of phosphoric acid groups is 2. The van der Waals surface area contributed by atoms with Gasteiger partial charge >= 0.3 is 15.6 Å². The second-order valence-corrected chi connectivity index (χ2v) is 13.7. The van der Waals surface area contributed by atoms with Crippen LogP contribution in [0.5, 0.6) is 0 Å². The van der Waals surface area contributed by atoms with Crippen LogP contribution in [0.15, 0.2) is 47.7 Å². The Morgan fingerprint density at radius 3 is 2.58 bits per heavy atom. The maximum atomic E-state index is 13.4. The lowest BCUT2D eigenvalue weighted by atomic mass is 10.1. The van der Waals surface area contributed by atoms with E-state index < -0.39 is 77.4 Å². The molecule has 0 spiro atoms. The molecule has 3 aliphatic rings. The molecule has 3 unspecified atom stereocenters. The molecule has 0 aliphatic carbocycles. The first-order valence-corrected chi connectivity index (χ1v) is 17.2. The van der Waals surface area contributed by atoms with E-state index in [0.717, 1.165) is 10.9 Å². The molecule has 9 atom stereocenters. The van der Waals surface area contributed by atoms with Gasteiger partial charge in [-0.15, -0.1) is 0 Å². The summed E-state index contributed by atoms with van der Waals surface area (Å²) in [4.78, 5) is 45.2. The van der Waals surface area contributed by atoms with Crippen molar-refractivity contribution in [2.75, 3.05) is 19.8 Å². The Kier molecular flexibility index (Phi) is 8.07. The predicted molar refractivity (Wildman–Crippen MR) is 154 cm³/mol. The van der Waals surface area contributed by atoms with Crippen molar-refractivity contribution in [3.05, 3.63) is 59.0 Å². The maximum Gasteiger partial charge on any atom is 0.472 e. The SMILES string of the molecule is CCOC1[C@H]2COP(=O)(O)O[C@@H]3C[C@H](n4ccc5ccccc54)O[C@@H]3COP(=O)(O)O[C@@H]1[C@H](n1cnc3c(=O)[nH]c(C)nc31)O2. The second kappa shape index (κ2) is 11.8. The summed E-state index contributed by atoms with van der Waals surface area (Å²) in [7, 11) is -9.62. The van der Waals surface area contributed by atoms with Gasteiger partial charge in [0.15, 0.2) is 17.4 Å². The smallest absolute Gasteiger partial charge is 0.373 e. The molecule has 0 radical (unpaired) electrons. The van der Waals surface area contributed by atoms with E-state index in [1.165, 1.54) is 10.9 Å². The van der Waals surface area contributed by atoms with Crippen molar-refractivity contribution in [2.45, 2.75) is 63.2 Å². The summed E-state index contributed by atoms with van der Waals surface area (Å²) in [6.45, 7) is 2.34.